The number of rotatable bonds is 8. The van der Waals surface area contributed by atoms with Crippen LogP contribution < -0.4 is 5.32 Å². The highest BCUT2D eigenvalue weighted by molar-refractivity contribution is 7.90. The van der Waals surface area contributed by atoms with Gasteiger partial charge in [0.25, 0.3) is 5.91 Å². The molecular weight excluding hydrogens is 372 g/mol. The van der Waals surface area contributed by atoms with Gasteiger partial charge in [0.1, 0.15) is 0 Å². The molecule has 0 saturated heterocycles. The van der Waals surface area contributed by atoms with Crippen LogP contribution in [0.4, 0.5) is 0 Å². The molecular formula is C19H23ClN2O3S. The van der Waals surface area contributed by atoms with Crippen LogP contribution in [-0.2, 0) is 16.4 Å². The SMILES string of the molecule is CN(CCCNC(=O)c1ccc(Cl)c(S(C)(=O)=O)c1)Cc1ccccc1. The van der Waals surface area contributed by atoms with Gasteiger partial charge >= 0.3 is 0 Å². The molecule has 0 aliphatic rings. The predicted molar refractivity (Wildman–Crippen MR) is 104 cm³/mol. The third-order valence-electron chi connectivity index (χ3n) is 3.89. The minimum atomic E-state index is -3.47. The molecule has 140 valence electrons. The van der Waals surface area contributed by atoms with Crippen LogP contribution in [0.15, 0.2) is 53.4 Å². The average Bonchev–Trinajstić information content (AvgIpc) is 2.59. The number of benzene rings is 2. The summed E-state index contributed by atoms with van der Waals surface area (Å²) in [6.07, 6.45) is 1.86. The Morgan fingerprint density at radius 1 is 1.15 bits per heavy atom. The van der Waals surface area contributed by atoms with Crippen LogP contribution in [0.5, 0.6) is 0 Å². The summed E-state index contributed by atoms with van der Waals surface area (Å²) in [6, 6.07) is 14.4. The van der Waals surface area contributed by atoms with Crippen LogP contribution in [0.3, 0.4) is 0 Å². The maximum atomic E-state index is 12.2. The van der Waals surface area contributed by atoms with E-state index in [1.165, 1.54) is 23.8 Å². The predicted octanol–water partition coefficient (Wildman–Crippen LogP) is 3.00. The monoisotopic (exact) mass is 394 g/mol. The van der Waals surface area contributed by atoms with Crippen LogP contribution >= 0.6 is 11.6 Å². The molecule has 0 bridgehead atoms. The van der Waals surface area contributed by atoms with Crippen molar-refractivity contribution in [1.29, 1.82) is 0 Å². The van der Waals surface area contributed by atoms with Gasteiger partial charge in [-0.2, -0.15) is 0 Å². The van der Waals surface area contributed by atoms with Gasteiger partial charge in [-0.3, -0.25) is 4.79 Å². The number of hydrogen-bond donors (Lipinski definition) is 1. The van der Waals surface area contributed by atoms with Gasteiger partial charge in [-0.1, -0.05) is 41.9 Å². The van der Waals surface area contributed by atoms with E-state index in [1.807, 2.05) is 25.2 Å². The number of carbonyl (C=O) groups is 1. The lowest BCUT2D eigenvalue weighted by atomic mass is 10.2. The van der Waals surface area contributed by atoms with Gasteiger partial charge in [0.2, 0.25) is 0 Å². The van der Waals surface area contributed by atoms with Gasteiger partial charge in [0.15, 0.2) is 9.84 Å². The van der Waals surface area contributed by atoms with E-state index in [1.54, 1.807) is 0 Å². The van der Waals surface area contributed by atoms with Crippen molar-refractivity contribution in [3.63, 3.8) is 0 Å². The number of halogens is 1. The van der Waals surface area contributed by atoms with Gasteiger partial charge in [-0.15, -0.1) is 0 Å². The summed E-state index contributed by atoms with van der Waals surface area (Å²) in [6.45, 7) is 2.20. The molecule has 1 N–H and O–H groups in total. The van der Waals surface area contributed by atoms with Gasteiger partial charge in [0, 0.05) is 24.9 Å². The smallest absolute Gasteiger partial charge is 0.251 e. The molecule has 0 aromatic heterocycles. The average molecular weight is 395 g/mol. The molecule has 0 unspecified atom stereocenters. The molecule has 0 heterocycles. The molecule has 0 aliphatic carbocycles. The molecule has 0 fully saturated rings. The highest BCUT2D eigenvalue weighted by Gasteiger charge is 2.15. The normalized spacial score (nSPS) is 11.5. The first-order valence-electron chi connectivity index (χ1n) is 8.27. The summed E-state index contributed by atoms with van der Waals surface area (Å²) >= 11 is 5.90. The lowest BCUT2D eigenvalue weighted by molar-refractivity contribution is 0.0951. The molecule has 0 spiro atoms. The molecule has 0 radical (unpaired) electrons. The summed E-state index contributed by atoms with van der Waals surface area (Å²) in [5, 5.41) is 2.93. The summed E-state index contributed by atoms with van der Waals surface area (Å²) in [5.41, 5.74) is 1.53. The summed E-state index contributed by atoms with van der Waals surface area (Å²) < 4.78 is 23.4. The highest BCUT2D eigenvalue weighted by atomic mass is 35.5. The number of nitrogens with zero attached hydrogens (tertiary/aromatic N) is 1. The second kappa shape index (κ2) is 9.16. The van der Waals surface area contributed by atoms with Crippen molar-refractivity contribution < 1.29 is 13.2 Å². The number of nitrogens with one attached hydrogen (secondary N) is 1. The number of sulfone groups is 1. The van der Waals surface area contributed by atoms with E-state index < -0.39 is 9.84 Å². The fourth-order valence-corrected chi connectivity index (χ4v) is 3.86. The van der Waals surface area contributed by atoms with Crippen LogP contribution in [0, 0.1) is 0 Å². The van der Waals surface area contributed by atoms with Crippen molar-refractivity contribution in [2.24, 2.45) is 0 Å². The Hall–Kier alpha value is -1.89. The Bertz CT molecular complexity index is 854. The van der Waals surface area contributed by atoms with E-state index in [4.69, 9.17) is 11.6 Å². The summed E-state index contributed by atoms with van der Waals surface area (Å²) in [5.74, 6) is -0.308. The molecule has 2 aromatic carbocycles. The van der Waals surface area contributed by atoms with Gasteiger partial charge in [-0.25, -0.2) is 8.42 Å². The fourth-order valence-electron chi connectivity index (χ4n) is 2.56. The third kappa shape index (κ3) is 6.12. The zero-order valence-electron chi connectivity index (χ0n) is 14.9. The van der Waals surface area contributed by atoms with Crippen molar-refractivity contribution >= 4 is 27.3 Å². The van der Waals surface area contributed by atoms with Crippen molar-refractivity contribution in [1.82, 2.24) is 10.2 Å². The van der Waals surface area contributed by atoms with E-state index >= 15 is 0 Å². The molecule has 5 nitrogen and oxygen atoms in total. The molecule has 1 amide bonds. The first-order valence-corrected chi connectivity index (χ1v) is 10.5. The van der Waals surface area contributed by atoms with Crippen LogP contribution in [-0.4, -0.2) is 45.6 Å². The standard InChI is InChI=1S/C19H23ClN2O3S/c1-22(14-15-7-4-3-5-8-15)12-6-11-21-19(23)16-9-10-17(20)18(13-16)26(2,24)25/h3-5,7-10,13H,6,11-12,14H2,1-2H3,(H,21,23). The molecule has 7 heteroatoms. The molecule has 0 aliphatic heterocycles. The number of carbonyl (C=O) groups excluding carboxylic acids is 1. The molecule has 26 heavy (non-hydrogen) atoms. The van der Waals surface area contributed by atoms with Crippen molar-refractivity contribution in [2.75, 3.05) is 26.4 Å². The second-order valence-corrected chi connectivity index (χ2v) is 8.64. The Morgan fingerprint density at radius 2 is 1.85 bits per heavy atom. The first kappa shape index (κ1) is 20.4. The minimum absolute atomic E-state index is 0.0330. The third-order valence-corrected chi connectivity index (χ3v) is 5.47. The molecule has 2 aromatic rings. The molecule has 0 atom stereocenters. The van der Waals surface area contributed by atoms with Gasteiger partial charge < -0.3 is 10.2 Å². The topological polar surface area (TPSA) is 66.5 Å². The second-order valence-electron chi connectivity index (χ2n) is 6.25. The molecule has 0 saturated carbocycles. The van der Waals surface area contributed by atoms with Gasteiger partial charge in [0.05, 0.1) is 9.92 Å². The lowest BCUT2D eigenvalue weighted by Crippen LogP contribution is -2.28. The number of amides is 1. The van der Waals surface area contributed by atoms with Crippen LogP contribution in [0.2, 0.25) is 5.02 Å². The Balaban J connectivity index is 1.82. The van der Waals surface area contributed by atoms with E-state index in [0.29, 0.717) is 6.54 Å². The van der Waals surface area contributed by atoms with E-state index in [0.717, 1.165) is 25.8 Å². The first-order chi connectivity index (χ1) is 12.3. The summed E-state index contributed by atoms with van der Waals surface area (Å²) in [4.78, 5) is 14.4. The Morgan fingerprint density at radius 3 is 2.50 bits per heavy atom. The zero-order chi connectivity index (χ0) is 19.2. The van der Waals surface area contributed by atoms with E-state index in [9.17, 15) is 13.2 Å². The van der Waals surface area contributed by atoms with Crippen molar-refractivity contribution in [2.45, 2.75) is 17.9 Å². The van der Waals surface area contributed by atoms with Crippen LogP contribution in [0.1, 0.15) is 22.3 Å². The lowest BCUT2D eigenvalue weighted by Gasteiger charge is -2.16. The van der Waals surface area contributed by atoms with Crippen molar-refractivity contribution in [3.8, 4) is 0 Å². The zero-order valence-corrected chi connectivity index (χ0v) is 16.5. The molecule has 2 rings (SSSR count). The van der Waals surface area contributed by atoms with Crippen molar-refractivity contribution in [3.05, 3.63) is 64.7 Å². The van der Waals surface area contributed by atoms with E-state index in [-0.39, 0.29) is 21.4 Å². The van der Waals surface area contributed by atoms with Crippen LogP contribution in [0.25, 0.3) is 0 Å². The summed E-state index contributed by atoms with van der Waals surface area (Å²) in [7, 11) is -1.44. The van der Waals surface area contributed by atoms with E-state index in [2.05, 4.69) is 22.3 Å². The number of hydrogen-bond acceptors (Lipinski definition) is 4. The maximum absolute atomic E-state index is 12.2. The Labute approximate surface area is 159 Å². The largest absolute Gasteiger partial charge is 0.352 e. The van der Waals surface area contributed by atoms with Gasteiger partial charge in [-0.05, 0) is 43.8 Å². The minimum Gasteiger partial charge on any atom is -0.352 e. The highest BCUT2D eigenvalue weighted by Crippen LogP contribution is 2.22. The fraction of sp³-hybridized carbons (Fsp3) is 0.316. The Kier molecular flexibility index (Phi) is 7.20. The maximum Gasteiger partial charge on any atom is 0.251 e. The quantitative estimate of drug-likeness (QED) is 0.699.